The second-order valence-corrected chi connectivity index (χ2v) is 5.68. The largest absolute Gasteiger partial charge is 0.505 e. The molecule has 3 rings (SSSR count). The van der Waals surface area contributed by atoms with E-state index in [1.807, 2.05) is 4.90 Å². The van der Waals surface area contributed by atoms with Gasteiger partial charge in [-0.05, 0) is 31.5 Å². The molecule has 0 saturated carbocycles. The predicted octanol–water partition coefficient (Wildman–Crippen LogP) is 1.28. The highest BCUT2D eigenvalue weighted by Crippen LogP contribution is 2.27. The minimum absolute atomic E-state index is 0.0939. The van der Waals surface area contributed by atoms with Crippen LogP contribution in [-0.4, -0.2) is 53.0 Å². The van der Waals surface area contributed by atoms with Gasteiger partial charge < -0.3 is 15.7 Å². The third-order valence-electron chi connectivity index (χ3n) is 4.42. The average Bonchev–Trinajstić information content (AvgIpc) is 2.49. The lowest BCUT2D eigenvalue weighted by Crippen LogP contribution is -2.56. The molecule has 2 aliphatic rings. The number of nitrogens with two attached hydrogens (primary N) is 1. The van der Waals surface area contributed by atoms with Crippen molar-refractivity contribution in [1.29, 1.82) is 0 Å². The standard InChI is InChI=1S/C15H21N3O2/c16-13-6-3-5-12(14(13)19)15(20)18-9-8-17-7-2-1-4-11(17)10-18/h3,5-6,11,19H,1-2,4,7-10,16H2. The second-order valence-electron chi connectivity index (χ2n) is 5.68. The molecule has 108 valence electrons. The Hall–Kier alpha value is -1.75. The number of aromatic hydroxyl groups is 1. The van der Waals surface area contributed by atoms with Crippen LogP contribution in [-0.2, 0) is 0 Å². The third kappa shape index (κ3) is 2.33. The summed E-state index contributed by atoms with van der Waals surface area (Å²) in [6.07, 6.45) is 3.67. The van der Waals surface area contributed by atoms with Gasteiger partial charge in [-0.3, -0.25) is 9.69 Å². The van der Waals surface area contributed by atoms with Crippen LogP contribution in [0.25, 0.3) is 0 Å². The van der Waals surface area contributed by atoms with Gasteiger partial charge in [-0.15, -0.1) is 0 Å². The van der Waals surface area contributed by atoms with Crippen LogP contribution in [0.2, 0.25) is 0 Å². The van der Waals surface area contributed by atoms with Crippen molar-refractivity contribution in [3.05, 3.63) is 23.8 Å². The van der Waals surface area contributed by atoms with E-state index in [1.54, 1.807) is 18.2 Å². The molecule has 2 heterocycles. The van der Waals surface area contributed by atoms with Crippen molar-refractivity contribution in [3.8, 4) is 5.75 Å². The number of anilines is 1. The molecule has 5 heteroatoms. The Morgan fingerprint density at radius 3 is 2.95 bits per heavy atom. The van der Waals surface area contributed by atoms with Gasteiger partial charge in [-0.1, -0.05) is 12.5 Å². The van der Waals surface area contributed by atoms with Crippen LogP contribution in [0.4, 0.5) is 5.69 Å². The Morgan fingerprint density at radius 2 is 2.10 bits per heavy atom. The van der Waals surface area contributed by atoms with Gasteiger partial charge in [0.15, 0.2) is 5.75 Å². The number of hydrogen-bond acceptors (Lipinski definition) is 4. The highest BCUT2D eigenvalue weighted by atomic mass is 16.3. The molecule has 5 nitrogen and oxygen atoms in total. The van der Waals surface area contributed by atoms with E-state index in [9.17, 15) is 9.90 Å². The van der Waals surface area contributed by atoms with E-state index in [1.165, 1.54) is 12.8 Å². The monoisotopic (exact) mass is 275 g/mol. The highest BCUT2D eigenvalue weighted by molar-refractivity contribution is 5.98. The number of para-hydroxylation sites is 1. The Kier molecular flexibility index (Phi) is 3.53. The molecular weight excluding hydrogens is 254 g/mol. The Balaban J connectivity index is 1.76. The number of hydrogen-bond donors (Lipinski definition) is 2. The Labute approximate surface area is 119 Å². The number of fused-ring (bicyclic) bond motifs is 1. The van der Waals surface area contributed by atoms with Crippen LogP contribution >= 0.6 is 0 Å². The lowest BCUT2D eigenvalue weighted by Gasteiger charge is -2.44. The zero-order valence-corrected chi connectivity index (χ0v) is 11.6. The molecule has 0 aliphatic carbocycles. The summed E-state index contributed by atoms with van der Waals surface area (Å²) in [5, 5.41) is 9.95. The summed E-state index contributed by atoms with van der Waals surface area (Å²) in [7, 11) is 0. The number of carbonyl (C=O) groups is 1. The molecule has 1 amide bonds. The van der Waals surface area contributed by atoms with Crippen LogP contribution in [0, 0.1) is 0 Å². The van der Waals surface area contributed by atoms with Crippen molar-refractivity contribution in [1.82, 2.24) is 9.80 Å². The van der Waals surface area contributed by atoms with Gasteiger partial charge in [0.1, 0.15) is 0 Å². The molecule has 0 aromatic heterocycles. The fourth-order valence-electron chi connectivity index (χ4n) is 3.24. The van der Waals surface area contributed by atoms with Gasteiger partial charge in [0.2, 0.25) is 0 Å². The van der Waals surface area contributed by atoms with Gasteiger partial charge in [-0.2, -0.15) is 0 Å². The summed E-state index contributed by atoms with van der Waals surface area (Å²) in [6.45, 7) is 3.56. The van der Waals surface area contributed by atoms with E-state index in [4.69, 9.17) is 5.73 Å². The summed E-state index contributed by atoms with van der Waals surface area (Å²) in [6, 6.07) is 5.43. The number of phenols is 1. The maximum absolute atomic E-state index is 12.5. The third-order valence-corrected chi connectivity index (χ3v) is 4.42. The first-order valence-electron chi connectivity index (χ1n) is 7.27. The van der Waals surface area contributed by atoms with E-state index < -0.39 is 0 Å². The molecule has 1 atom stereocenters. The molecule has 2 saturated heterocycles. The van der Waals surface area contributed by atoms with Crippen molar-refractivity contribution in [3.63, 3.8) is 0 Å². The summed E-state index contributed by atoms with van der Waals surface area (Å²) < 4.78 is 0. The first-order valence-corrected chi connectivity index (χ1v) is 7.27. The van der Waals surface area contributed by atoms with Gasteiger partial charge in [0.05, 0.1) is 11.3 Å². The zero-order chi connectivity index (χ0) is 14.1. The second kappa shape index (κ2) is 5.32. The van der Waals surface area contributed by atoms with E-state index in [-0.39, 0.29) is 17.3 Å². The number of rotatable bonds is 1. The van der Waals surface area contributed by atoms with E-state index in [2.05, 4.69) is 4.90 Å². The van der Waals surface area contributed by atoms with Gasteiger partial charge in [-0.25, -0.2) is 0 Å². The normalized spacial score (nSPS) is 23.4. The molecule has 2 aliphatic heterocycles. The van der Waals surface area contributed by atoms with Crippen molar-refractivity contribution in [2.24, 2.45) is 0 Å². The number of nitrogens with zero attached hydrogens (tertiary/aromatic N) is 2. The summed E-state index contributed by atoms with van der Waals surface area (Å²) in [5.41, 5.74) is 6.24. The maximum Gasteiger partial charge on any atom is 0.257 e. The van der Waals surface area contributed by atoms with Gasteiger partial charge >= 0.3 is 0 Å². The molecule has 0 bridgehead atoms. The smallest absolute Gasteiger partial charge is 0.257 e. The van der Waals surface area contributed by atoms with E-state index in [0.717, 1.165) is 32.6 Å². The number of phenolic OH excluding ortho intramolecular Hbond substituents is 1. The Bertz CT molecular complexity index is 518. The lowest BCUT2D eigenvalue weighted by molar-refractivity contribution is 0.0370. The molecule has 2 fully saturated rings. The van der Waals surface area contributed by atoms with Gasteiger partial charge in [0, 0.05) is 25.7 Å². The fourth-order valence-corrected chi connectivity index (χ4v) is 3.24. The zero-order valence-electron chi connectivity index (χ0n) is 11.6. The lowest BCUT2D eigenvalue weighted by atomic mass is 9.99. The summed E-state index contributed by atoms with van der Waals surface area (Å²) in [5.74, 6) is -0.205. The maximum atomic E-state index is 12.5. The topological polar surface area (TPSA) is 69.8 Å². The van der Waals surface area contributed by atoms with E-state index in [0.29, 0.717) is 11.6 Å². The Morgan fingerprint density at radius 1 is 1.25 bits per heavy atom. The predicted molar refractivity (Wildman–Crippen MR) is 77.6 cm³/mol. The van der Waals surface area contributed by atoms with Crippen molar-refractivity contribution >= 4 is 11.6 Å². The van der Waals surface area contributed by atoms with Crippen molar-refractivity contribution in [2.75, 3.05) is 31.9 Å². The number of piperidine rings is 1. The fraction of sp³-hybridized carbons (Fsp3) is 0.533. The average molecular weight is 275 g/mol. The molecule has 3 N–H and O–H groups in total. The van der Waals surface area contributed by atoms with Crippen molar-refractivity contribution < 1.29 is 9.90 Å². The minimum atomic E-state index is -0.111. The van der Waals surface area contributed by atoms with Crippen molar-refractivity contribution in [2.45, 2.75) is 25.3 Å². The number of carbonyl (C=O) groups excluding carboxylic acids is 1. The molecule has 0 spiro atoms. The first-order chi connectivity index (χ1) is 9.66. The molecule has 1 unspecified atom stereocenters. The van der Waals surface area contributed by atoms with Gasteiger partial charge in [0.25, 0.3) is 5.91 Å². The number of benzene rings is 1. The number of amides is 1. The SMILES string of the molecule is Nc1cccc(C(=O)N2CCN3CCCCC3C2)c1O. The van der Waals surface area contributed by atoms with Crippen LogP contribution < -0.4 is 5.73 Å². The number of piperazine rings is 1. The molecule has 0 radical (unpaired) electrons. The summed E-state index contributed by atoms with van der Waals surface area (Å²) in [4.78, 5) is 16.9. The molecule has 1 aromatic carbocycles. The first kappa shape index (κ1) is 13.2. The van der Waals surface area contributed by atoms with Crippen LogP contribution in [0.5, 0.6) is 5.75 Å². The molecule has 20 heavy (non-hydrogen) atoms. The molecular formula is C15H21N3O2. The number of nitrogen functional groups attached to an aromatic ring is 1. The summed E-state index contributed by atoms with van der Waals surface area (Å²) >= 11 is 0. The van der Waals surface area contributed by atoms with E-state index >= 15 is 0 Å². The van der Waals surface area contributed by atoms with Crippen LogP contribution in [0.3, 0.4) is 0 Å². The highest BCUT2D eigenvalue weighted by Gasteiger charge is 2.32. The van der Waals surface area contributed by atoms with Crippen LogP contribution in [0.1, 0.15) is 29.6 Å². The quantitative estimate of drug-likeness (QED) is 0.598. The minimum Gasteiger partial charge on any atom is -0.505 e. The van der Waals surface area contributed by atoms with Crippen LogP contribution in [0.15, 0.2) is 18.2 Å². The molecule has 1 aromatic rings.